The van der Waals surface area contributed by atoms with Crippen LogP contribution in [-0.4, -0.2) is 11.8 Å². The summed E-state index contributed by atoms with van der Waals surface area (Å²) >= 11 is 0. The summed E-state index contributed by atoms with van der Waals surface area (Å²) in [5.74, 6) is 0.784. The van der Waals surface area contributed by atoms with Gasteiger partial charge in [0.1, 0.15) is 6.10 Å². The maximum atomic E-state index is 11.9. The van der Waals surface area contributed by atoms with E-state index >= 15 is 0 Å². The lowest BCUT2D eigenvalue weighted by atomic mass is 9.81. The van der Waals surface area contributed by atoms with Crippen LogP contribution in [0.3, 0.4) is 0 Å². The van der Waals surface area contributed by atoms with Crippen molar-refractivity contribution < 1.29 is 9.94 Å². The van der Waals surface area contributed by atoms with Crippen LogP contribution < -0.4 is 0 Å². The number of fused-ring (bicyclic) bond motifs is 1. The van der Waals surface area contributed by atoms with Crippen molar-refractivity contribution in [2.24, 2.45) is 11.1 Å². The number of unbranched alkanes of at least 4 members (excludes halogenated alkanes) is 4. The Kier molecular flexibility index (Phi) is 9.72. The smallest absolute Gasteiger partial charge is 0.182 e. The number of rotatable bonds is 12. The fourth-order valence-electron chi connectivity index (χ4n) is 4.14. The van der Waals surface area contributed by atoms with E-state index in [1.165, 1.54) is 44.1 Å². The van der Waals surface area contributed by atoms with Gasteiger partial charge in [0, 0.05) is 5.56 Å². The van der Waals surface area contributed by atoms with Crippen molar-refractivity contribution in [3.8, 4) is 5.75 Å². The third kappa shape index (κ3) is 7.56. The highest BCUT2D eigenvalue weighted by Crippen LogP contribution is 2.33. The molecular weight excluding hydrogens is 334 g/mol. The molecule has 3 heteroatoms. The summed E-state index contributed by atoms with van der Waals surface area (Å²) in [5, 5.41) is 16.4. The fourth-order valence-corrected chi connectivity index (χ4v) is 4.14. The van der Waals surface area contributed by atoms with Gasteiger partial charge in [-0.2, -0.15) is 0 Å². The van der Waals surface area contributed by atoms with E-state index in [1.54, 1.807) is 6.07 Å². The van der Waals surface area contributed by atoms with Crippen LogP contribution in [-0.2, 0) is 22.8 Å². The molecule has 2 rings (SSSR count). The van der Waals surface area contributed by atoms with Gasteiger partial charge >= 0.3 is 0 Å². The highest BCUT2D eigenvalue weighted by Gasteiger charge is 2.22. The minimum absolute atomic E-state index is 0.210. The first-order valence-electron chi connectivity index (χ1n) is 11.1. The molecule has 0 fully saturated rings. The van der Waals surface area contributed by atoms with Crippen molar-refractivity contribution in [2.75, 3.05) is 0 Å². The second-order valence-corrected chi connectivity index (χ2v) is 8.25. The maximum Gasteiger partial charge on any atom is 0.182 e. The van der Waals surface area contributed by atoms with Crippen LogP contribution in [0.1, 0.15) is 96.1 Å². The largest absolute Gasteiger partial charge is 0.393 e. The highest BCUT2D eigenvalue weighted by atomic mass is 16.6. The molecule has 1 aromatic carbocycles. The zero-order valence-electron chi connectivity index (χ0n) is 17.6. The van der Waals surface area contributed by atoms with Crippen LogP contribution in [0.2, 0.25) is 0 Å². The lowest BCUT2D eigenvalue weighted by Crippen LogP contribution is -2.17. The summed E-state index contributed by atoms with van der Waals surface area (Å²) in [6.45, 7) is 6.58. The monoisotopic (exact) mass is 372 g/mol. The van der Waals surface area contributed by atoms with Gasteiger partial charge in [-0.25, -0.2) is 0 Å². The molecule has 151 valence electrons. The molecule has 0 N–H and O–H groups in total. The third-order valence-electron chi connectivity index (χ3n) is 5.74. The maximum absolute atomic E-state index is 11.9. The predicted molar refractivity (Wildman–Crippen MR) is 113 cm³/mol. The molecule has 1 unspecified atom stereocenters. The van der Waals surface area contributed by atoms with Gasteiger partial charge in [-0.1, -0.05) is 56.8 Å². The van der Waals surface area contributed by atoms with E-state index in [0.29, 0.717) is 5.92 Å². The van der Waals surface area contributed by atoms with E-state index in [4.69, 9.17) is 4.84 Å². The van der Waals surface area contributed by atoms with Gasteiger partial charge in [0.25, 0.3) is 0 Å². The Hall–Kier alpha value is -1.51. The van der Waals surface area contributed by atoms with Gasteiger partial charge in [-0.3, -0.25) is 5.11 Å². The molecule has 0 saturated carbocycles. The third-order valence-corrected chi connectivity index (χ3v) is 5.74. The lowest BCUT2D eigenvalue weighted by molar-refractivity contribution is 0.0424. The molecule has 0 spiro atoms. The van der Waals surface area contributed by atoms with Gasteiger partial charge in [0.05, 0.1) is 5.71 Å². The minimum Gasteiger partial charge on any atom is -0.393 e. The van der Waals surface area contributed by atoms with Crippen molar-refractivity contribution in [1.29, 1.82) is 0 Å². The number of hydrogen-bond acceptors (Lipinski definition) is 2. The number of oxime groups is 1. The van der Waals surface area contributed by atoms with Crippen molar-refractivity contribution in [3.05, 3.63) is 29.3 Å². The first kappa shape index (κ1) is 21.8. The summed E-state index contributed by atoms with van der Waals surface area (Å²) < 4.78 is 0. The molecule has 0 heterocycles. The van der Waals surface area contributed by atoms with E-state index in [0.717, 1.165) is 49.8 Å². The SMILES string of the molecule is CCCCCC(CCCCC)ON=C(C)CC1CCc2c([O])cccc2C1. The first-order valence-corrected chi connectivity index (χ1v) is 11.1. The van der Waals surface area contributed by atoms with Crippen LogP contribution in [0.4, 0.5) is 0 Å². The normalized spacial score (nSPS) is 17.2. The Morgan fingerprint density at radius 1 is 1.15 bits per heavy atom. The standard InChI is InChI=1S/C24H38NO2/c1-4-6-8-12-22(13-9-7-5-2)27-25-19(3)17-20-15-16-23-21(18-20)11-10-14-24(23)26/h10-11,14,20,22H,4-9,12-13,15-18H2,1-3H3. The van der Waals surface area contributed by atoms with Crippen LogP contribution in [0, 0.1) is 5.92 Å². The summed E-state index contributed by atoms with van der Waals surface area (Å²) in [7, 11) is 0. The predicted octanol–water partition coefficient (Wildman–Crippen LogP) is 7.25. The lowest BCUT2D eigenvalue weighted by Gasteiger charge is -2.24. The molecule has 0 bridgehead atoms. The Morgan fingerprint density at radius 3 is 2.52 bits per heavy atom. The van der Waals surface area contributed by atoms with Gasteiger partial charge in [0.2, 0.25) is 0 Å². The van der Waals surface area contributed by atoms with Crippen molar-refractivity contribution in [1.82, 2.24) is 0 Å². The van der Waals surface area contributed by atoms with Crippen LogP contribution in [0.25, 0.3) is 0 Å². The summed E-state index contributed by atoms with van der Waals surface area (Å²) in [6.07, 6.45) is 14.0. The topological polar surface area (TPSA) is 41.5 Å². The van der Waals surface area contributed by atoms with Gasteiger partial charge in [-0.05, 0) is 75.8 Å². The fraction of sp³-hybridized carbons (Fsp3) is 0.708. The van der Waals surface area contributed by atoms with E-state index in [1.807, 2.05) is 6.07 Å². The zero-order valence-corrected chi connectivity index (χ0v) is 17.6. The second-order valence-electron chi connectivity index (χ2n) is 8.25. The Bertz CT molecular complexity index is 572. The van der Waals surface area contributed by atoms with Crippen molar-refractivity contribution in [2.45, 2.75) is 104 Å². The summed E-state index contributed by atoms with van der Waals surface area (Å²) in [4.78, 5) is 5.97. The Labute approximate surface area is 166 Å². The molecule has 27 heavy (non-hydrogen) atoms. The molecule has 1 aliphatic carbocycles. The molecule has 1 radical (unpaired) electrons. The Balaban J connectivity index is 1.83. The molecule has 1 aliphatic rings. The van der Waals surface area contributed by atoms with Crippen LogP contribution in [0.15, 0.2) is 23.4 Å². The van der Waals surface area contributed by atoms with Gasteiger partial charge in [-0.15, -0.1) is 0 Å². The molecule has 0 amide bonds. The second kappa shape index (κ2) is 12.0. The van der Waals surface area contributed by atoms with Crippen molar-refractivity contribution >= 4 is 5.71 Å². The Morgan fingerprint density at radius 2 is 1.85 bits per heavy atom. The molecule has 0 aromatic heterocycles. The highest BCUT2D eigenvalue weighted by molar-refractivity contribution is 5.81. The summed E-state index contributed by atoms with van der Waals surface area (Å²) in [6, 6.07) is 5.70. The van der Waals surface area contributed by atoms with Crippen molar-refractivity contribution in [3.63, 3.8) is 0 Å². The average Bonchev–Trinajstić information content (AvgIpc) is 2.66. The molecule has 1 aromatic rings. The van der Waals surface area contributed by atoms with E-state index in [2.05, 4.69) is 32.0 Å². The van der Waals surface area contributed by atoms with E-state index in [-0.39, 0.29) is 11.9 Å². The molecule has 0 aliphatic heterocycles. The van der Waals surface area contributed by atoms with Crippen LogP contribution in [0.5, 0.6) is 5.75 Å². The average molecular weight is 373 g/mol. The zero-order chi connectivity index (χ0) is 19.5. The first-order chi connectivity index (χ1) is 13.1. The van der Waals surface area contributed by atoms with E-state index in [9.17, 15) is 5.11 Å². The van der Waals surface area contributed by atoms with Gasteiger partial charge < -0.3 is 4.84 Å². The number of hydrogen-bond donors (Lipinski definition) is 0. The van der Waals surface area contributed by atoms with Crippen LogP contribution >= 0.6 is 0 Å². The summed E-state index contributed by atoms with van der Waals surface area (Å²) in [5.41, 5.74) is 3.37. The minimum atomic E-state index is 0.210. The number of benzene rings is 1. The molecular formula is C24H38NO2. The molecule has 3 nitrogen and oxygen atoms in total. The molecule has 0 saturated heterocycles. The molecule has 1 atom stereocenters. The van der Waals surface area contributed by atoms with E-state index < -0.39 is 0 Å². The van der Waals surface area contributed by atoms with Gasteiger partial charge in [0.15, 0.2) is 5.75 Å². The quantitative estimate of drug-likeness (QED) is 0.216. The number of nitrogens with zero attached hydrogens (tertiary/aromatic N) is 1.